The molecule has 0 spiro atoms. The van der Waals surface area contributed by atoms with Crippen LogP contribution in [-0.4, -0.2) is 5.11 Å². The SMILES string of the molecule is Oc1cccc2c1CCC2Nc1cc(F)ccc1F. The molecule has 19 heavy (non-hydrogen) atoms. The molecule has 0 fully saturated rings. The maximum absolute atomic E-state index is 13.6. The molecule has 0 aromatic heterocycles. The summed E-state index contributed by atoms with van der Waals surface area (Å²) in [5, 5.41) is 12.8. The van der Waals surface area contributed by atoms with Gasteiger partial charge in [-0.3, -0.25) is 0 Å². The highest BCUT2D eigenvalue weighted by Gasteiger charge is 2.25. The normalized spacial score (nSPS) is 17.3. The van der Waals surface area contributed by atoms with E-state index < -0.39 is 11.6 Å². The molecule has 1 aliphatic carbocycles. The minimum atomic E-state index is -0.477. The number of anilines is 1. The molecule has 1 atom stereocenters. The van der Waals surface area contributed by atoms with Gasteiger partial charge in [0, 0.05) is 0 Å². The average molecular weight is 261 g/mol. The quantitative estimate of drug-likeness (QED) is 0.862. The topological polar surface area (TPSA) is 32.3 Å². The van der Waals surface area contributed by atoms with Gasteiger partial charge in [-0.1, -0.05) is 12.1 Å². The Kier molecular flexibility index (Phi) is 2.85. The number of phenolic OH excluding ortho intramolecular Hbond substituents is 1. The van der Waals surface area contributed by atoms with Crippen LogP contribution in [0.25, 0.3) is 0 Å². The van der Waals surface area contributed by atoms with E-state index in [2.05, 4.69) is 5.32 Å². The third kappa shape index (κ3) is 2.14. The van der Waals surface area contributed by atoms with Crippen LogP contribution in [0, 0.1) is 11.6 Å². The number of fused-ring (bicyclic) bond motifs is 1. The Bertz CT molecular complexity index is 628. The van der Waals surface area contributed by atoms with Crippen LogP contribution in [0.1, 0.15) is 23.6 Å². The highest BCUT2D eigenvalue weighted by atomic mass is 19.1. The van der Waals surface area contributed by atoms with E-state index in [0.29, 0.717) is 0 Å². The zero-order valence-electron chi connectivity index (χ0n) is 10.2. The third-order valence-corrected chi connectivity index (χ3v) is 3.50. The van der Waals surface area contributed by atoms with Crippen molar-refractivity contribution in [3.8, 4) is 5.75 Å². The number of nitrogens with one attached hydrogen (secondary N) is 1. The van der Waals surface area contributed by atoms with Gasteiger partial charge in [-0.05, 0) is 48.2 Å². The molecular formula is C15H13F2NO. The van der Waals surface area contributed by atoms with Gasteiger partial charge in [0.1, 0.15) is 17.4 Å². The van der Waals surface area contributed by atoms with E-state index in [-0.39, 0.29) is 17.5 Å². The number of hydrogen-bond acceptors (Lipinski definition) is 2. The van der Waals surface area contributed by atoms with E-state index in [0.717, 1.165) is 42.2 Å². The molecule has 2 N–H and O–H groups in total. The number of benzene rings is 2. The molecule has 98 valence electrons. The van der Waals surface area contributed by atoms with Gasteiger partial charge >= 0.3 is 0 Å². The summed E-state index contributed by atoms with van der Waals surface area (Å²) in [6, 6.07) is 8.55. The van der Waals surface area contributed by atoms with E-state index >= 15 is 0 Å². The maximum Gasteiger partial charge on any atom is 0.146 e. The van der Waals surface area contributed by atoms with Gasteiger partial charge < -0.3 is 10.4 Å². The average Bonchev–Trinajstić information content (AvgIpc) is 2.79. The summed E-state index contributed by atoms with van der Waals surface area (Å²) >= 11 is 0. The summed E-state index contributed by atoms with van der Waals surface area (Å²) in [7, 11) is 0. The predicted molar refractivity (Wildman–Crippen MR) is 69.1 cm³/mol. The predicted octanol–water partition coefficient (Wildman–Crippen LogP) is 3.77. The van der Waals surface area contributed by atoms with Crippen molar-refractivity contribution in [2.75, 3.05) is 5.32 Å². The second kappa shape index (κ2) is 4.53. The number of rotatable bonds is 2. The van der Waals surface area contributed by atoms with Crippen LogP contribution < -0.4 is 5.32 Å². The molecule has 3 rings (SSSR count). The van der Waals surface area contributed by atoms with Gasteiger partial charge in [0.05, 0.1) is 11.7 Å². The fourth-order valence-corrected chi connectivity index (χ4v) is 2.58. The summed E-state index contributed by atoms with van der Waals surface area (Å²) < 4.78 is 26.7. The van der Waals surface area contributed by atoms with Gasteiger partial charge in [0.25, 0.3) is 0 Å². The molecule has 0 radical (unpaired) electrons. The molecule has 4 heteroatoms. The highest BCUT2D eigenvalue weighted by Crippen LogP contribution is 2.38. The Morgan fingerprint density at radius 2 is 2.00 bits per heavy atom. The van der Waals surface area contributed by atoms with Crippen LogP contribution in [0.15, 0.2) is 36.4 Å². The van der Waals surface area contributed by atoms with E-state index in [9.17, 15) is 13.9 Å². The second-order valence-electron chi connectivity index (χ2n) is 4.70. The fourth-order valence-electron chi connectivity index (χ4n) is 2.58. The largest absolute Gasteiger partial charge is 0.508 e. The number of phenols is 1. The van der Waals surface area contributed by atoms with E-state index in [1.54, 1.807) is 12.1 Å². The van der Waals surface area contributed by atoms with E-state index in [1.165, 1.54) is 0 Å². The lowest BCUT2D eigenvalue weighted by atomic mass is 10.1. The minimum Gasteiger partial charge on any atom is -0.508 e. The summed E-state index contributed by atoms with van der Waals surface area (Å²) in [5.41, 5.74) is 1.99. The number of aromatic hydroxyl groups is 1. The smallest absolute Gasteiger partial charge is 0.146 e. The minimum absolute atomic E-state index is 0.0987. The van der Waals surface area contributed by atoms with Crippen molar-refractivity contribution in [3.05, 3.63) is 59.2 Å². The molecule has 0 aliphatic heterocycles. The third-order valence-electron chi connectivity index (χ3n) is 3.50. The van der Waals surface area contributed by atoms with Crippen LogP contribution in [0.5, 0.6) is 5.75 Å². The molecule has 2 aromatic carbocycles. The molecule has 0 bridgehead atoms. The van der Waals surface area contributed by atoms with Crippen LogP contribution in [0.3, 0.4) is 0 Å². The summed E-state index contributed by atoms with van der Waals surface area (Å²) in [6.07, 6.45) is 1.49. The fraction of sp³-hybridized carbons (Fsp3) is 0.200. The van der Waals surface area contributed by atoms with Crippen LogP contribution in [0.4, 0.5) is 14.5 Å². The second-order valence-corrected chi connectivity index (χ2v) is 4.70. The molecule has 0 saturated heterocycles. The lowest BCUT2D eigenvalue weighted by Crippen LogP contribution is -2.08. The Balaban J connectivity index is 1.91. The lowest BCUT2D eigenvalue weighted by molar-refractivity contribution is 0.469. The van der Waals surface area contributed by atoms with Crippen LogP contribution in [0.2, 0.25) is 0 Å². The molecule has 1 aliphatic rings. The molecule has 1 unspecified atom stereocenters. The van der Waals surface area contributed by atoms with Crippen molar-refractivity contribution in [1.29, 1.82) is 0 Å². The highest BCUT2D eigenvalue weighted by molar-refractivity contribution is 5.52. The van der Waals surface area contributed by atoms with Gasteiger partial charge in [0.2, 0.25) is 0 Å². The van der Waals surface area contributed by atoms with E-state index in [4.69, 9.17) is 0 Å². The number of halogens is 2. The van der Waals surface area contributed by atoms with Gasteiger partial charge in [0.15, 0.2) is 0 Å². The first-order valence-electron chi connectivity index (χ1n) is 6.17. The van der Waals surface area contributed by atoms with Gasteiger partial charge in [-0.15, -0.1) is 0 Å². The zero-order chi connectivity index (χ0) is 13.4. The zero-order valence-corrected chi connectivity index (χ0v) is 10.2. The first kappa shape index (κ1) is 12.0. The Labute approximate surface area is 109 Å². The molecule has 2 aromatic rings. The Hall–Kier alpha value is -2.10. The van der Waals surface area contributed by atoms with Crippen molar-refractivity contribution in [3.63, 3.8) is 0 Å². The lowest BCUT2D eigenvalue weighted by Gasteiger charge is -2.16. The molecule has 2 nitrogen and oxygen atoms in total. The first-order valence-corrected chi connectivity index (χ1v) is 6.17. The standard InChI is InChI=1S/C15H13F2NO/c16-9-4-6-12(17)14(8-9)18-13-7-5-11-10(13)2-1-3-15(11)19/h1-4,6,8,13,18-19H,5,7H2. The summed E-state index contributed by atoms with van der Waals surface area (Å²) in [6.45, 7) is 0. The first-order chi connectivity index (χ1) is 9.15. The van der Waals surface area contributed by atoms with Crippen molar-refractivity contribution < 1.29 is 13.9 Å². The monoisotopic (exact) mass is 261 g/mol. The molecule has 0 heterocycles. The van der Waals surface area contributed by atoms with Crippen molar-refractivity contribution >= 4 is 5.69 Å². The molecule has 0 saturated carbocycles. The van der Waals surface area contributed by atoms with Gasteiger partial charge in [-0.2, -0.15) is 0 Å². The summed E-state index contributed by atoms with van der Waals surface area (Å²) in [5.74, 6) is -0.686. The molecule has 0 amide bonds. The van der Waals surface area contributed by atoms with Gasteiger partial charge in [-0.25, -0.2) is 8.78 Å². The molecular weight excluding hydrogens is 248 g/mol. The van der Waals surface area contributed by atoms with Crippen molar-refractivity contribution in [2.45, 2.75) is 18.9 Å². The maximum atomic E-state index is 13.6. The number of hydrogen-bond donors (Lipinski definition) is 2. The Morgan fingerprint density at radius 3 is 2.84 bits per heavy atom. The van der Waals surface area contributed by atoms with Crippen LogP contribution in [-0.2, 0) is 6.42 Å². The van der Waals surface area contributed by atoms with Crippen molar-refractivity contribution in [1.82, 2.24) is 0 Å². The van der Waals surface area contributed by atoms with Crippen LogP contribution >= 0.6 is 0 Å². The van der Waals surface area contributed by atoms with E-state index in [1.807, 2.05) is 6.07 Å². The Morgan fingerprint density at radius 1 is 1.16 bits per heavy atom. The summed E-state index contributed by atoms with van der Waals surface area (Å²) in [4.78, 5) is 0. The van der Waals surface area contributed by atoms with Crippen molar-refractivity contribution in [2.24, 2.45) is 0 Å².